The summed E-state index contributed by atoms with van der Waals surface area (Å²) in [5.74, 6) is 0.395. The van der Waals surface area contributed by atoms with E-state index in [-0.39, 0.29) is 11.7 Å². The number of carbonyl (C=O) groups is 1. The SMILES string of the molecule is CC(C)C(=O)/C=C/C1(C)CC1. The summed E-state index contributed by atoms with van der Waals surface area (Å²) >= 11 is 0. The van der Waals surface area contributed by atoms with E-state index in [9.17, 15) is 4.79 Å². The van der Waals surface area contributed by atoms with E-state index < -0.39 is 0 Å². The predicted molar refractivity (Wildman–Crippen MR) is 46.3 cm³/mol. The lowest BCUT2D eigenvalue weighted by atomic mass is 10.1. The van der Waals surface area contributed by atoms with Gasteiger partial charge in [-0.1, -0.05) is 26.8 Å². The van der Waals surface area contributed by atoms with Crippen LogP contribution in [-0.4, -0.2) is 5.78 Å². The van der Waals surface area contributed by atoms with Gasteiger partial charge in [0.2, 0.25) is 0 Å². The largest absolute Gasteiger partial charge is 0.295 e. The van der Waals surface area contributed by atoms with E-state index in [4.69, 9.17) is 0 Å². The van der Waals surface area contributed by atoms with Gasteiger partial charge in [0.25, 0.3) is 0 Å². The van der Waals surface area contributed by atoms with Crippen molar-refractivity contribution in [1.29, 1.82) is 0 Å². The van der Waals surface area contributed by atoms with Gasteiger partial charge in [0.15, 0.2) is 5.78 Å². The van der Waals surface area contributed by atoms with Gasteiger partial charge in [-0.3, -0.25) is 4.79 Å². The van der Waals surface area contributed by atoms with Gasteiger partial charge in [-0.25, -0.2) is 0 Å². The minimum absolute atomic E-state index is 0.147. The van der Waals surface area contributed by atoms with Gasteiger partial charge in [0, 0.05) is 5.92 Å². The van der Waals surface area contributed by atoms with Gasteiger partial charge in [-0.05, 0) is 24.3 Å². The first kappa shape index (κ1) is 8.51. The monoisotopic (exact) mass is 152 g/mol. The van der Waals surface area contributed by atoms with Crippen LogP contribution in [0.15, 0.2) is 12.2 Å². The van der Waals surface area contributed by atoms with Gasteiger partial charge >= 0.3 is 0 Å². The Hall–Kier alpha value is -0.590. The fourth-order valence-electron chi connectivity index (χ4n) is 0.840. The number of allylic oxidation sites excluding steroid dienone is 2. The first-order valence-corrected chi connectivity index (χ1v) is 4.27. The first-order valence-electron chi connectivity index (χ1n) is 4.27. The maximum Gasteiger partial charge on any atom is 0.157 e. The molecule has 0 N–H and O–H groups in total. The van der Waals surface area contributed by atoms with Crippen molar-refractivity contribution >= 4 is 5.78 Å². The molecule has 1 rings (SSSR count). The minimum Gasteiger partial charge on any atom is -0.295 e. The zero-order chi connectivity index (χ0) is 8.48. The van der Waals surface area contributed by atoms with Crippen LogP contribution in [0.2, 0.25) is 0 Å². The normalized spacial score (nSPS) is 21.1. The lowest BCUT2D eigenvalue weighted by Crippen LogP contribution is -2.03. The molecule has 1 heteroatoms. The highest BCUT2D eigenvalue weighted by molar-refractivity contribution is 5.91. The molecule has 0 spiro atoms. The Bertz CT molecular complexity index is 185. The molecule has 0 atom stereocenters. The summed E-state index contributed by atoms with van der Waals surface area (Å²) in [4.78, 5) is 11.1. The zero-order valence-electron chi connectivity index (χ0n) is 7.55. The molecule has 1 fully saturated rings. The predicted octanol–water partition coefficient (Wildman–Crippen LogP) is 2.57. The third kappa shape index (κ3) is 2.49. The lowest BCUT2D eigenvalue weighted by Gasteiger charge is -1.99. The molecule has 0 radical (unpaired) electrons. The molecule has 62 valence electrons. The van der Waals surface area contributed by atoms with Crippen LogP contribution in [0.25, 0.3) is 0 Å². The van der Waals surface area contributed by atoms with Crippen LogP contribution < -0.4 is 0 Å². The molecule has 0 aromatic rings. The highest BCUT2D eigenvalue weighted by Crippen LogP contribution is 2.46. The highest BCUT2D eigenvalue weighted by Gasteiger charge is 2.34. The maximum absolute atomic E-state index is 11.1. The van der Waals surface area contributed by atoms with E-state index in [0.717, 1.165) is 0 Å². The van der Waals surface area contributed by atoms with Crippen molar-refractivity contribution in [3.8, 4) is 0 Å². The maximum atomic E-state index is 11.1. The lowest BCUT2D eigenvalue weighted by molar-refractivity contribution is -0.117. The smallest absolute Gasteiger partial charge is 0.157 e. The molecule has 1 saturated carbocycles. The Balaban J connectivity index is 2.41. The Morgan fingerprint density at radius 1 is 1.45 bits per heavy atom. The number of rotatable bonds is 3. The van der Waals surface area contributed by atoms with Crippen LogP contribution in [0.4, 0.5) is 0 Å². The van der Waals surface area contributed by atoms with E-state index in [2.05, 4.69) is 13.0 Å². The van der Waals surface area contributed by atoms with Gasteiger partial charge in [-0.15, -0.1) is 0 Å². The fourth-order valence-corrected chi connectivity index (χ4v) is 0.840. The molecule has 1 nitrogen and oxygen atoms in total. The Labute approximate surface area is 68.5 Å². The van der Waals surface area contributed by atoms with Crippen LogP contribution >= 0.6 is 0 Å². The molecule has 11 heavy (non-hydrogen) atoms. The standard InChI is InChI=1S/C10H16O/c1-8(2)9(11)4-5-10(3)6-7-10/h4-5,8H,6-7H2,1-3H3/b5-4+. The summed E-state index contributed by atoms with van der Waals surface area (Å²) in [6, 6.07) is 0. The quantitative estimate of drug-likeness (QED) is 0.568. The topological polar surface area (TPSA) is 17.1 Å². The number of carbonyl (C=O) groups excluding carboxylic acids is 1. The van der Waals surface area contributed by atoms with Crippen molar-refractivity contribution in [1.82, 2.24) is 0 Å². The van der Waals surface area contributed by atoms with Crippen LogP contribution in [0.1, 0.15) is 33.6 Å². The van der Waals surface area contributed by atoms with Crippen molar-refractivity contribution in [3.05, 3.63) is 12.2 Å². The Morgan fingerprint density at radius 3 is 2.36 bits per heavy atom. The summed E-state index contributed by atoms with van der Waals surface area (Å²) < 4.78 is 0. The van der Waals surface area contributed by atoms with E-state index in [0.29, 0.717) is 5.41 Å². The molecule has 0 aliphatic heterocycles. The number of ketones is 1. The molecular formula is C10H16O. The Morgan fingerprint density at radius 2 is 2.00 bits per heavy atom. The van der Waals surface area contributed by atoms with Crippen LogP contribution in [0.5, 0.6) is 0 Å². The molecule has 0 amide bonds. The molecule has 0 unspecified atom stereocenters. The average Bonchev–Trinajstić information content (AvgIpc) is 2.64. The van der Waals surface area contributed by atoms with Crippen molar-refractivity contribution in [2.24, 2.45) is 11.3 Å². The molecule has 0 bridgehead atoms. The molecule has 1 aliphatic rings. The molecular weight excluding hydrogens is 136 g/mol. The van der Waals surface area contributed by atoms with E-state index in [1.807, 2.05) is 13.8 Å². The van der Waals surface area contributed by atoms with Crippen LogP contribution in [0.3, 0.4) is 0 Å². The number of hydrogen-bond acceptors (Lipinski definition) is 1. The third-order valence-corrected chi connectivity index (χ3v) is 2.26. The van der Waals surface area contributed by atoms with Crippen molar-refractivity contribution in [2.45, 2.75) is 33.6 Å². The summed E-state index contributed by atoms with van der Waals surface area (Å²) in [6.45, 7) is 6.06. The van der Waals surface area contributed by atoms with Crippen molar-refractivity contribution in [2.75, 3.05) is 0 Å². The number of hydrogen-bond donors (Lipinski definition) is 0. The van der Waals surface area contributed by atoms with Crippen LogP contribution in [0, 0.1) is 11.3 Å². The summed E-state index contributed by atoms with van der Waals surface area (Å²) in [5.41, 5.74) is 0.366. The highest BCUT2D eigenvalue weighted by atomic mass is 16.1. The second-order valence-corrected chi connectivity index (χ2v) is 4.04. The van der Waals surface area contributed by atoms with Crippen molar-refractivity contribution < 1.29 is 4.79 Å². The second-order valence-electron chi connectivity index (χ2n) is 4.04. The van der Waals surface area contributed by atoms with E-state index in [1.54, 1.807) is 6.08 Å². The first-order chi connectivity index (χ1) is 5.03. The van der Waals surface area contributed by atoms with Gasteiger partial charge in [-0.2, -0.15) is 0 Å². The third-order valence-electron chi connectivity index (χ3n) is 2.26. The second kappa shape index (κ2) is 2.80. The van der Waals surface area contributed by atoms with Gasteiger partial charge in [0.1, 0.15) is 0 Å². The zero-order valence-corrected chi connectivity index (χ0v) is 7.55. The molecule has 0 aromatic heterocycles. The summed E-state index contributed by atoms with van der Waals surface area (Å²) in [5, 5.41) is 0. The molecule has 0 saturated heterocycles. The molecule has 1 aliphatic carbocycles. The molecule has 0 heterocycles. The Kier molecular flexibility index (Phi) is 2.17. The van der Waals surface area contributed by atoms with Crippen LogP contribution in [-0.2, 0) is 4.79 Å². The van der Waals surface area contributed by atoms with Crippen molar-refractivity contribution in [3.63, 3.8) is 0 Å². The summed E-state index contributed by atoms with van der Waals surface area (Å²) in [7, 11) is 0. The average molecular weight is 152 g/mol. The minimum atomic E-state index is 0.147. The fraction of sp³-hybridized carbons (Fsp3) is 0.700. The van der Waals surface area contributed by atoms with Gasteiger partial charge < -0.3 is 0 Å². The van der Waals surface area contributed by atoms with Gasteiger partial charge in [0.05, 0.1) is 0 Å². The summed E-state index contributed by atoms with van der Waals surface area (Å²) in [6.07, 6.45) is 6.30. The molecule has 0 aromatic carbocycles. The van der Waals surface area contributed by atoms with E-state index in [1.165, 1.54) is 12.8 Å². The van der Waals surface area contributed by atoms with E-state index >= 15 is 0 Å².